The molecule has 0 spiro atoms. The summed E-state index contributed by atoms with van der Waals surface area (Å²) >= 11 is 6.30. The van der Waals surface area contributed by atoms with Crippen LogP contribution in [0.3, 0.4) is 0 Å². The summed E-state index contributed by atoms with van der Waals surface area (Å²) in [5.41, 5.74) is 3.03. The highest BCUT2D eigenvalue weighted by molar-refractivity contribution is 7.92. The Labute approximate surface area is 191 Å². The van der Waals surface area contributed by atoms with Crippen LogP contribution < -0.4 is 9.62 Å². The number of benzene rings is 2. The minimum absolute atomic E-state index is 0.139. The van der Waals surface area contributed by atoms with E-state index in [1.807, 2.05) is 0 Å². The van der Waals surface area contributed by atoms with E-state index in [4.69, 9.17) is 16.9 Å². The van der Waals surface area contributed by atoms with E-state index >= 15 is 0 Å². The van der Waals surface area contributed by atoms with E-state index in [-0.39, 0.29) is 11.7 Å². The van der Waals surface area contributed by atoms with Crippen molar-refractivity contribution < 1.29 is 13.2 Å². The summed E-state index contributed by atoms with van der Waals surface area (Å²) in [5.74, 6) is -0.203. The predicted octanol–water partition coefficient (Wildman–Crippen LogP) is 4.46. The predicted molar refractivity (Wildman–Crippen MR) is 124 cm³/mol. The van der Waals surface area contributed by atoms with Gasteiger partial charge in [0.2, 0.25) is 10.0 Å². The van der Waals surface area contributed by atoms with Crippen LogP contribution in [0.4, 0.5) is 11.4 Å². The first-order valence-corrected chi connectivity index (χ1v) is 11.9. The van der Waals surface area contributed by atoms with E-state index < -0.39 is 10.0 Å². The molecule has 9 heteroatoms. The van der Waals surface area contributed by atoms with Gasteiger partial charge in [-0.2, -0.15) is 5.26 Å². The van der Waals surface area contributed by atoms with Gasteiger partial charge in [-0.05, 0) is 67.4 Å². The summed E-state index contributed by atoms with van der Waals surface area (Å²) in [7, 11) is -3.30. The average molecular weight is 467 g/mol. The Bertz CT molecular complexity index is 1320. The molecule has 0 unspecified atom stereocenters. The first-order chi connectivity index (χ1) is 15.4. The van der Waals surface area contributed by atoms with Crippen LogP contribution in [-0.2, 0) is 10.0 Å². The minimum Gasteiger partial charge on any atom is -0.322 e. The quantitative estimate of drug-likeness (QED) is 0.611. The van der Waals surface area contributed by atoms with E-state index in [0.717, 1.165) is 6.42 Å². The molecule has 1 aliphatic heterocycles. The largest absolute Gasteiger partial charge is 0.322 e. The molecule has 7 nitrogen and oxygen atoms in total. The number of halogens is 1. The van der Waals surface area contributed by atoms with Gasteiger partial charge in [-0.25, -0.2) is 8.42 Å². The molecule has 3 aromatic rings. The monoisotopic (exact) mass is 466 g/mol. The lowest BCUT2D eigenvalue weighted by molar-refractivity contribution is 0.102. The van der Waals surface area contributed by atoms with Crippen LogP contribution in [-0.4, -0.2) is 31.6 Å². The number of amides is 1. The summed E-state index contributed by atoms with van der Waals surface area (Å²) in [6.45, 7) is 0.447. The van der Waals surface area contributed by atoms with E-state index in [1.54, 1.807) is 54.6 Å². The van der Waals surface area contributed by atoms with Crippen LogP contribution in [0, 0.1) is 11.3 Å². The van der Waals surface area contributed by atoms with E-state index in [9.17, 15) is 13.2 Å². The summed E-state index contributed by atoms with van der Waals surface area (Å²) < 4.78 is 25.9. The van der Waals surface area contributed by atoms with Gasteiger partial charge in [-0.3, -0.25) is 14.1 Å². The third kappa shape index (κ3) is 4.59. The lowest BCUT2D eigenvalue weighted by Crippen LogP contribution is -2.37. The van der Waals surface area contributed by atoms with Gasteiger partial charge in [0.1, 0.15) is 0 Å². The molecule has 1 aromatic heterocycles. The highest BCUT2D eigenvalue weighted by Crippen LogP contribution is 2.30. The van der Waals surface area contributed by atoms with Gasteiger partial charge in [0.25, 0.3) is 5.91 Å². The highest BCUT2D eigenvalue weighted by atomic mass is 35.5. The van der Waals surface area contributed by atoms with Gasteiger partial charge in [-0.1, -0.05) is 11.6 Å². The van der Waals surface area contributed by atoms with E-state index in [2.05, 4.69) is 16.4 Å². The summed E-state index contributed by atoms with van der Waals surface area (Å²) in [6.07, 6.45) is 3.00. The second-order valence-corrected chi connectivity index (χ2v) is 9.75. The normalized spacial score (nSPS) is 15.1. The van der Waals surface area contributed by atoms with Gasteiger partial charge in [0.15, 0.2) is 0 Å². The number of nitrogens with zero attached hydrogens (tertiary/aromatic N) is 3. The van der Waals surface area contributed by atoms with Crippen molar-refractivity contribution in [1.29, 1.82) is 5.26 Å². The molecule has 0 saturated carbocycles. The number of carbonyl (C=O) groups excluding carboxylic acids is 1. The maximum atomic E-state index is 12.7. The number of hydrogen-bond acceptors (Lipinski definition) is 5. The molecular weight excluding hydrogens is 448 g/mol. The zero-order valence-corrected chi connectivity index (χ0v) is 18.5. The average Bonchev–Trinajstić information content (AvgIpc) is 2.80. The van der Waals surface area contributed by atoms with Crippen LogP contribution in [0.1, 0.15) is 28.8 Å². The van der Waals surface area contributed by atoms with E-state index in [1.165, 1.54) is 10.5 Å². The van der Waals surface area contributed by atoms with Crippen LogP contribution in [0.2, 0.25) is 5.02 Å². The van der Waals surface area contributed by atoms with Crippen molar-refractivity contribution >= 4 is 38.9 Å². The highest BCUT2D eigenvalue weighted by Gasteiger charge is 2.26. The number of rotatable bonds is 4. The summed E-state index contributed by atoms with van der Waals surface area (Å²) in [5, 5.41) is 12.4. The van der Waals surface area contributed by atoms with Crippen LogP contribution >= 0.6 is 11.6 Å². The summed E-state index contributed by atoms with van der Waals surface area (Å²) in [6, 6.07) is 16.8. The fraction of sp³-hybridized carbons (Fsp3) is 0.174. The Kier molecular flexibility index (Phi) is 6.12. The lowest BCUT2D eigenvalue weighted by Gasteiger charge is -2.28. The maximum Gasteiger partial charge on any atom is 0.255 e. The number of carbonyl (C=O) groups is 1. The fourth-order valence-corrected chi connectivity index (χ4v) is 5.36. The van der Waals surface area contributed by atoms with Crippen molar-refractivity contribution in [1.82, 2.24) is 4.98 Å². The number of aromatic nitrogens is 1. The zero-order valence-electron chi connectivity index (χ0n) is 17.0. The number of nitriles is 1. The SMILES string of the molecule is N#Cc1ccnc(-c2cc(NC(=O)c3ccc(N4CCCCS4(=O)=O)cc3)ccc2Cl)c1. The van der Waals surface area contributed by atoms with Crippen molar-refractivity contribution in [2.75, 3.05) is 21.9 Å². The molecule has 2 heterocycles. The molecule has 32 heavy (non-hydrogen) atoms. The lowest BCUT2D eigenvalue weighted by atomic mass is 10.1. The van der Waals surface area contributed by atoms with Gasteiger partial charge >= 0.3 is 0 Å². The minimum atomic E-state index is -3.30. The molecule has 162 valence electrons. The van der Waals surface area contributed by atoms with Crippen molar-refractivity contribution in [2.24, 2.45) is 0 Å². The van der Waals surface area contributed by atoms with Gasteiger partial charge < -0.3 is 5.32 Å². The fourth-order valence-electron chi connectivity index (χ4n) is 3.51. The van der Waals surface area contributed by atoms with Crippen molar-refractivity contribution in [3.8, 4) is 17.3 Å². The second-order valence-electron chi connectivity index (χ2n) is 7.33. The van der Waals surface area contributed by atoms with Crippen LogP contribution in [0.25, 0.3) is 11.3 Å². The molecule has 1 aliphatic rings. The first-order valence-electron chi connectivity index (χ1n) is 9.95. The van der Waals surface area contributed by atoms with Gasteiger partial charge in [-0.15, -0.1) is 0 Å². The smallest absolute Gasteiger partial charge is 0.255 e. The number of pyridine rings is 1. The Morgan fingerprint density at radius 1 is 1.09 bits per heavy atom. The molecule has 1 N–H and O–H groups in total. The number of anilines is 2. The topological polar surface area (TPSA) is 103 Å². The zero-order chi connectivity index (χ0) is 22.7. The molecule has 1 fully saturated rings. The standard InChI is InChI=1S/C23H19ClN4O3S/c24-21-8-5-18(14-20(21)22-13-16(15-25)9-10-26-22)27-23(29)17-3-6-19(7-4-17)28-11-1-2-12-32(28,30)31/h3-10,13-14H,1-2,11-12H2,(H,27,29). The van der Waals surface area contributed by atoms with Crippen molar-refractivity contribution in [2.45, 2.75) is 12.8 Å². The Morgan fingerprint density at radius 2 is 1.88 bits per heavy atom. The first kappa shape index (κ1) is 21.8. The Balaban J connectivity index is 1.53. The molecule has 0 atom stereocenters. The molecular formula is C23H19ClN4O3S. The third-order valence-electron chi connectivity index (χ3n) is 5.16. The summed E-state index contributed by atoms with van der Waals surface area (Å²) in [4.78, 5) is 17.0. The number of sulfonamides is 1. The molecule has 1 amide bonds. The number of nitrogens with one attached hydrogen (secondary N) is 1. The molecule has 1 saturated heterocycles. The molecule has 4 rings (SSSR count). The second kappa shape index (κ2) is 8.99. The third-order valence-corrected chi connectivity index (χ3v) is 7.36. The Morgan fingerprint density at radius 3 is 2.59 bits per heavy atom. The molecule has 0 aliphatic carbocycles. The van der Waals surface area contributed by atoms with Crippen LogP contribution in [0.5, 0.6) is 0 Å². The van der Waals surface area contributed by atoms with Gasteiger partial charge in [0, 0.05) is 29.6 Å². The van der Waals surface area contributed by atoms with Crippen molar-refractivity contribution in [3.63, 3.8) is 0 Å². The number of hydrogen-bond donors (Lipinski definition) is 1. The Hall–Kier alpha value is -3.41. The van der Waals surface area contributed by atoms with Crippen molar-refractivity contribution in [3.05, 3.63) is 76.9 Å². The molecule has 2 aromatic carbocycles. The molecule has 0 radical (unpaired) electrons. The van der Waals surface area contributed by atoms with E-state index in [0.29, 0.717) is 51.7 Å². The molecule has 0 bridgehead atoms. The maximum absolute atomic E-state index is 12.7. The van der Waals surface area contributed by atoms with Crippen LogP contribution in [0.15, 0.2) is 60.8 Å². The van der Waals surface area contributed by atoms with Gasteiger partial charge in [0.05, 0.1) is 33.8 Å².